The van der Waals surface area contributed by atoms with Crippen molar-refractivity contribution in [1.29, 1.82) is 5.26 Å². The van der Waals surface area contributed by atoms with E-state index in [0.29, 0.717) is 11.6 Å². The Labute approximate surface area is 136 Å². The summed E-state index contributed by atoms with van der Waals surface area (Å²) in [4.78, 5) is 23.4. The Bertz CT molecular complexity index is 811. The lowest BCUT2D eigenvalue weighted by molar-refractivity contribution is -0.139. The van der Waals surface area contributed by atoms with Crippen LogP contribution in [0.2, 0.25) is 0 Å². The summed E-state index contributed by atoms with van der Waals surface area (Å²) in [5.74, 6) is -4.13. The normalized spacial score (nSPS) is 11.4. The standard InChI is InChI=1S/C17H12F2N2O3/c18-13-5-12(6-14(19)8-13)16(22)21-15(17(23)24)7-10-3-1-2-4-11(10)9-20/h1-6,8,15H,7H2,(H,21,22)(H,23,24)/t15-/m0/s1. The fraction of sp³-hybridized carbons (Fsp3) is 0.118. The summed E-state index contributed by atoms with van der Waals surface area (Å²) >= 11 is 0. The molecule has 0 saturated heterocycles. The Hall–Kier alpha value is -3.27. The summed E-state index contributed by atoms with van der Waals surface area (Å²) < 4.78 is 26.3. The van der Waals surface area contributed by atoms with Gasteiger partial charge in [-0.1, -0.05) is 18.2 Å². The van der Waals surface area contributed by atoms with Crippen LogP contribution in [0.1, 0.15) is 21.5 Å². The van der Waals surface area contributed by atoms with Crippen LogP contribution in [0.4, 0.5) is 8.78 Å². The molecule has 5 nitrogen and oxygen atoms in total. The van der Waals surface area contributed by atoms with Crippen molar-refractivity contribution < 1.29 is 23.5 Å². The molecule has 0 fully saturated rings. The number of halogens is 2. The van der Waals surface area contributed by atoms with E-state index in [2.05, 4.69) is 5.32 Å². The van der Waals surface area contributed by atoms with Crippen molar-refractivity contribution in [3.8, 4) is 6.07 Å². The van der Waals surface area contributed by atoms with Gasteiger partial charge in [-0.3, -0.25) is 4.79 Å². The van der Waals surface area contributed by atoms with E-state index in [1.165, 1.54) is 6.07 Å². The average Bonchev–Trinajstić information content (AvgIpc) is 2.53. The molecule has 0 heterocycles. The van der Waals surface area contributed by atoms with Gasteiger partial charge in [0.25, 0.3) is 5.91 Å². The SMILES string of the molecule is N#Cc1ccccc1C[C@H](NC(=O)c1cc(F)cc(F)c1)C(=O)O. The third kappa shape index (κ3) is 4.14. The molecule has 7 heteroatoms. The van der Waals surface area contributed by atoms with Crippen LogP contribution < -0.4 is 5.32 Å². The van der Waals surface area contributed by atoms with Gasteiger partial charge in [-0.05, 0) is 23.8 Å². The highest BCUT2D eigenvalue weighted by Gasteiger charge is 2.22. The van der Waals surface area contributed by atoms with Gasteiger partial charge in [0.2, 0.25) is 0 Å². The zero-order chi connectivity index (χ0) is 17.7. The molecule has 122 valence electrons. The fourth-order valence-corrected chi connectivity index (χ4v) is 2.15. The molecule has 24 heavy (non-hydrogen) atoms. The van der Waals surface area contributed by atoms with Crippen molar-refractivity contribution in [2.45, 2.75) is 12.5 Å². The molecule has 2 aromatic carbocycles. The zero-order valence-electron chi connectivity index (χ0n) is 12.3. The molecule has 0 bridgehead atoms. The van der Waals surface area contributed by atoms with E-state index < -0.39 is 29.6 Å². The monoisotopic (exact) mass is 330 g/mol. The molecule has 1 atom stereocenters. The Morgan fingerprint density at radius 3 is 2.38 bits per heavy atom. The van der Waals surface area contributed by atoms with Crippen molar-refractivity contribution in [3.05, 3.63) is 70.8 Å². The van der Waals surface area contributed by atoms with E-state index in [1.807, 2.05) is 6.07 Å². The van der Waals surface area contributed by atoms with E-state index in [0.717, 1.165) is 12.1 Å². The van der Waals surface area contributed by atoms with Crippen LogP contribution in [0.3, 0.4) is 0 Å². The first-order valence-corrected chi connectivity index (χ1v) is 6.88. The second-order valence-electron chi connectivity index (χ2n) is 5.00. The molecule has 0 aromatic heterocycles. The van der Waals surface area contributed by atoms with Crippen LogP contribution in [0.5, 0.6) is 0 Å². The molecule has 0 aliphatic rings. The molecule has 1 amide bonds. The lowest BCUT2D eigenvalue weighted by Gasteiger charge is -2.15. The number of benzene rings is 2. The van der Waals surface area contributed by atoms with E-state index in [-0.39, 0.29) is 17.5 Å². The van der Waals surface area contributed by atoms with Crippen LogP contribution in [-0.2, 0) is 11.2 Å². The maximum absolute atomic E-state index is 13.2. The van der Waals surface area contributed by atoms with Gasteiger partial charge in [0, 0.05) is 18.1 Å². The van der Waals surface area contributed by atoms with Gasteiger partial charge in [-0.2, -0.15) is 5.26 Å². The van der Waals surface area contributed by atoms with Crippen LogP contribution in [-0.4, -0.2) is 23.0 Å². The van der Waals surface area contributed by atoms with Crippen LogP contribution >= 0.6 is 0 Å². The Morgan fingerprint density at radius 2 is 1.79 bits per heavy atom. The van der Waals surface area contributed by atoms with Gasteiger partial charge in [-0.15, -0.1) is 0 Å². The summed E-state index contributed by atoms with van der Waals surface area (Å²) in [6, 6.07) is 9.17. The smallest absolute Gasteiger partial charge is 0.326 e. The predicted octanol–water partition coefficient (Wildman–Crippen LogP) is 2.26. The number of aliphatic carboxylic acids is 1. The van der Waals surface area contributed by atoms with E-state index in [4.69, 9.17) is 5.26 Å². The maximum atomic E-state index is 13.2. The quantitative estimate of drug-likeness (QED) is 0.880. The maximum Gasteiger partial charge on any atom is 0.326 e. The average molecular weight is 330 g/mol. The van der Waals surface area contributed by atoms with Crippen LogP contribution in [0.15, 0.2) is 42.5 Å². The number of carbonyl (C=O) groups is 2. The number of nitrogens with zero attached hydrogens (tertiary/aromatic N) is 1. The number of rotatable bonds is 5. The van der Waals surface area contributed by atoms with Crippen molar-refractivity contribution in [3.63, 3.8) is 0 Å². The molecule has 0 saturated carbocycles. The van der Waals surface area contributed by atoms with Gasteiger partial charge < -0.3 is 10.4 Å². The molecule has 2 aromatic rings. The fourth-order valence-electron chi connectivity index (χ4n) is 2.15. The minimum absolute atomic E-state index is 0.136. The topological polar surface area (TPSA) is 90.2 Å². The van der Waals surface area contributed by atoms with Crippen LogP contribution in [0, 0.1) is 23.0 Å². The number of hydrogen-bond acceptors (Lipinski definition) is 3. The van der Waals surface area contributed by atoms with Crippen molar-refractivity contribution >= 4 is 11.9 Å². The highest BCUT2D eigenvalue weighted by atomic mass is 19.1. The number of carboxylic acid groups (broad SMARTS) is 1. The van der Waals surface area contributed by atoms with Gasteiger partial charge in [0.05, 0.1) is 11.6 Å². The zero-order valence-corrected chi connectivity index (χ0v) is 12.3. The Morgan fingerprint density at radius 1 is 1.17 bits per heavy atom. The summed E-state index contributed by atoms with van der Waals surface area (Å²) in [7, 11) is 0. The first-order valence-electron chi connectivity index (χ1n) is 6.88. The first-order chi connectivity index (χ1) is 11.4. The predicted molar refractivity (Wildman–Crippen MR) is 80.1 cm³/mol. The largest absolute Gasteiger partial charge is 0.480 e. The molecule has 2 N–H and O–H groups in total. The molecule has 0 aliphatic carbocycles. The van der Waals surface area contributed by atoms with Gasteiger partial charge in [0.1, 0.15) is 17.7 Å². The number of carbonyl (C=O) groups excluding carboxylic acids is 1. The molecule has 0 aliphatic heterocycles. The lowest BCUT2D eigenvalue weighted by atomic mass is 10.0. The highest BCUT2D eigenvalue weighted by Crippen LogP contribution is 2.12. The summed E-state index contributed by atoms with van der Waals surface area (Å²) in [5, 5.41) is 20.5. The van der Waals surface area contributed by atoms with E-state index in [9.17, 15) is 23.5 Å². The van der Waals surface area contributed by atoms with Crippen molar-refractivity contribution in [2.24, 2.45) is 0 Å². The Balaban J connectivity index is 2.21. The van der Waals surface area contributed by atoms with Gasteiger partial charge >= 0.3 is 5.97 Å². The van der Waals surface area contributed by atoms with E-state index >= 15 is 0 Å². The third-order valence-corrected chi connectivity index (χ3v) is 3.29. The second kappa shape index (κ2) is 7.33. The summed E-state index contributed by atoms with van der Waals surface area (Å²) in [5.41, 5.74) is 0.403. The second-order valence-corrected chi connectivity index (χ2v) is 5.00. The highest BCUT2D eigenvalue weighted by molar-refractivity contribution is 5.96. The number of amides is 1. The van der Waals surface area contributed by atoms with Gasteiger partial charge in [-0.25, -0.2) is 13.6 Å². The summed E-state index contributed by atoms with van der Waals surface area (Å²) in [6.07, 6.45) is -0.136. The first kappa shape index (κ1) is 17.1. The molecule has 2 rings (SSSR count). The number of carboxylic acids is 1. The number of hydrogen-bond donors (Lipinski definition) is 2. The van der Waals surface area contributed by atoms with E-state index in [1.54, 1.807) is 18.2 Å². The van der Waals surface area contributed by atoms with Crippen LogP contribution in [0.25, 0.3) is 0 Å². The minimum Gasteiger partial charge on any atom is -0.480 e. The molecule has 0 unspecified atom stereocenters. The van der Waals surface area contributed by atoms with Crippen molar-refractivity contribution in [1.82, 2.24) is 5.32 Å². The van der Waals surface area contributed by atoms with Gasteiger partial charge in [0.15, 0.2) is 0 Å². The molecular weight excluding hydrogens is 318 g/mol. The van der Waals surface area contributed by atoms with Crippen molar-refractivity contribution in [2.75, 3.05) is 0 Å². The number of nitriles is 1. The molecule has 0 spiro atoms. The lowest BCUT2D eigenvalue weighted by Crippen LogP contribution is -2.42. The molecule has 0 radical (unpaired) electrons. The minimum atomic E-state index is -1.35. The molecular formula is C17H12F2N2O3. The third-order valence-electron chi connectivity index (χ3n) is 3.29. The summed E-state index contributed by atoms with van der Waals surface area (Å²) in [6.45, 7) is 0. The Kier molecular flexibility index (Phi) is 5.22. The number of nitrogens with one attached hydrogen (secondary N) is 1.